The number of aryl methyl sites for hydroxylation is 2. The first kappa shape index (κ1) is 36.9. The van der Waals surface area contributed by atoms with Crippen LogP contribution in [0, 0.1) is 25.7 Å². The van der Waals surface area contributed by atoms with Crippen LogP contribution in [0.1, 0.15) is 92.3 Å². The molecule has 1 amide bonds. The minimum atomic E-state index is -5.07. The van der Waals surface area contributed by atoms with Gasteiger partial charge in [0.05, 0.1) is 46.9 Å². The molecule has 0 radical (unpaired) electrons. The second-order valence-electron chi connectivity index (χ2n) is 13.2. The standard InChI is InChI=1S/C34H39F6N5O5/c1-5-10-44(16-22-8-6-21(7-9-22)11-28(46)47)31-27(42-26(15-41-31)29-18(2)43-50-20(29)4)17-45-19(3)30(49-32(45)48)23-12-24(33(35,36)37)14-25(13-23)34(38,39)40/h12-15,19,21-22,30H,5-11,16-17H2,1-4H3,(H,46,47)/t19-,21?,22?,30-/m0/s1. The van der Waals surface area contributed by atoms with Crippen molar-refractivity contribution in [1.82, 2.24) is 20.0 Å². The Bertz CT molecular complexity index is 1650. The minimum Gasteiger partial charge on any atom is -0.481 e. The van der Waals surface area contributed by atoms with Crippen molar-refractivity contribution in [2.24, 2.45) is 11.8 Å². The van der Waals surface area contributed by atoms with E-state index in [1.54, 1.807) is 20.0 Å². The molecule has 16 heteroatoms. The highest BCUT2D eigenvalue weighted by Crippen LogP contribution is 2.42. The molecule has 1 saturated carbocycles. The maximum atomic E-state index is 13.7. The van der Waals surface area contributed by atoms with E-state index in [0.29, 0.717) is 59.4 Å². The van der Waals surface area contributed by atoms with Crippen LogP contribution in [0.2, 0.25) is 0 Å². The van der Waals surface area contributed by atoms with Gasteiger partial charge < -0.3 is 19.3 Å². The highest BCUT2D eigenvalue weighted by atomic mass is 19.4. The summed E-state index contributed by atoms with van der Waals surface area (Å²) >= 11 is 0. The molecule has 1 saturated heterocycles. The molecule has 1 N–H and O–H groups in total. The van der Waals surface area contributed by atoms with Gasteiger partial charge >= 0.3 is 24.4 Å². The fourth-order valence-electron chi connectivity index (χ4n) is 6.95. The van der Waals surface area contributed by atoms with Crippen molar-refractivity contribution < 1.29 is 50.3 Å². The van der Waals surface area contributed by atoms with Crippen LogP contribution in [0.5, 0.6) is 0 Å². The van der Waals surface area contributed by atoms with E-state index in [4.69, 9.17) is 19.2 Å². The van der Waals surface area contributed by atoms with Gasteiger partial charge in [0.25, 0.3) is 0 Å². The lowest BCUT2D eigenvalue weighted by atomic mass is 9.80. The second-order valence-corrected chi connectivity index (χ2v) is 13.2. The molecule has 0 spiro atoms. The predicted octanol–water partition coefficient (Wildman–Crippen LogP) is 8.37. The third-order valence-electron chi connectivity index (χ3n) is 9.46. The average molecular weight is 712 g/mol. The zero-order valence-corrected chi connectivity index (χ0v) is 28.1. The zero-order chi connectivity index (χ0) is 36.5. The number of carbonyl (C=O) groups excluding carboxylic acids is 1. The molecule has 3 heterocycles. The van der Waals surface area contributed by atoms with Crippen LogP contribution in [0.15, 0.2) is 28.9 Å². The topological polar surface area (TPSA) is 122 Å². The molecule has 50 heavy (non-hydrogen) atoms. The zero-order valence-electron chi connectivity index (χ0n) is 28.1. The Labute approximate surface area is 284 Å². The highest BCUT2D eigenvalue weighted by Gasteiger charge is 2.44. The quantitative estimate of drug-likeness (QED) is 0.196. The normalized spacial score (nSPS) is 21.4. The summed E-state index contributed by atoms with van der Waals surface area (Å²) < 4.78 is 92.7. The number of carboxylic acid groups (broad SMARTS) is 1. The number of hydrogen-bond donors (Lipinski definition) is 1. The van der Waals surface area contributed by atoms with Crippen molar-refractivity contribution in [3.63, 3.8) is 0 Å². The molecule has 2 fully saturated rings. The van der Waals surface area contributed by atoms with Crippen molar-refractivity contribution in [3.05, 3.63) is 58.2 Å². The van der Waals surface area contributed by atoms with E-state index in [1.807, 2.05) is 6.92 Å². The Balaban J connectivity index is 1.49. The van der Waals surface area contributed by atoms with Gasteiger partial charge in [-0.15, -0.1) is 0 Å². The van der Waals surface area contributed by atoms with Gasteiger partial charge in [0.1, 0.15) is 17.6 Å². The van der Waals surface area contributed by atoms with Gasteiger partial charge in [-0.3, -0.25) is 9.69 Å². The first-order chi connectivity index (χ1) is 23.5. The van der Waals surface area contributed by atoms with Gasteiger partial charge in [-0.1, -0.05) is 12.1 Å². The number of amides is 1. The third kappa shape index (κ3) is 8.15. The summed E-state index contributed by atoms with van der Waals surface area (Å²) in [6, 6.07) is 0.203. The van der Waals surface area contributed by atoms with Gasteiger partial charge in [-0.25, -0.2) is 14.8 Å². The van der Waals surface area contributed by atoms with E-state index in [1.165, 1.54) is 11.8 Å². The summed E-state index contributed by atoms with van der Waals surface area (Å²) in [6.07, 6.45) is -6.83. The van der Waals surface area contributed by atoms with Gasteiger partial charge in [0.15, 0.2) is 5.82 Å². The number of rotatable bonds is 11. The first-order valence-electron chi connectivity index (χ1n) is 16.5. The monoisotopic (exact) mass is 711 g/mol. The smallest absolute Gasteiger partial charge is 0.416 e. The molecule has 2 atom stereocenters. The number of carbonyl (C=O) groups is 2. The summed E-state index contributed by atoms with van der Waals surface area (Å²) in [4.78, 5) is 37.5. The summed E-state index contributed by atoms with van der Waals surface area (Å²) in [5, 5.41) is 13.2. The van der Waals surface area contributed by atoms with E-state index in [2.05, 4.69) is 10.1 Å². The van der Waals surface area contributed by atoms with Crippen molar-refractivity contribution in [2.75, 3.05) is 18.0 Å². The number of halogens is 6. The van der Waals surface area contributed by atoms with Gasteiger partial charge in [-0.2, -0.15) is 26.3 Å². The van der Waals surface area contributed by atoms with Crippen LogP contribution in [-0.4, -0.2) is 56.3 Å². The van der Waals surface area contributed by atoms with Gasteiger partial charge in [0, 0.05) is 19.5 Å². The Morgan fingerprint density at radius 2 is 1.64 bits per heavy atom. The molecule has 2 aromatic heterocycles. The summed E-state index contributed by atoms with van der Waals surface area (Å²) in [5.74, 6) is 0.500. The molecule has 2 aliphatic rings. The number of anilines is 1. The van der Waals surface area contributed by atoms with Crippen LogP contribution >= 0.6 is 0 Å². The van der Waals surface area contributed by atoms with Gasteiger partial charge in [0.2, 0.25) is 0 Å². The SMILES string of the molecule is CCCN(CC1CCC(CC(=O)O)CC1)c1ncc(-c2c(C)noc2C)nc1CN1C(=O)O[C@H](c2cc(C(F)(F)F)cc(C(F)(F)F)c2)[C@@H]1C. The van der Waals surface area contributed by atoms with E-state index in [-0.39, 0.29) is 30.9 Å². The molecule has 0 unspecified atom stereocenters. The van der Waals surface area contributed by atoms with E-state index in [0.717, 1.165) is 32.1 Å². The molecule has 272 valence electrons. The van der Waals surface area contributed by atoms with Crippen LogP contribution in [-0.2, 0) is 28.4 Å². The molecule has 0 bridgehead atoms. The fraction of sp³-hybridized carbons (Fsp3) is 0.559. The number of aliphatic carboxylic acids is 1. The molecular weight excluding hydrogens is 672 g/mol. The number of carboxylic acids is 1. The van der Waals surface area contributed by atoms with E-state index >= 15 is 0 Å². The molecule has 1 aliphatic carbocycles. The molecule has 10 nitrogen and oxygen atoms in total. The first-order valence-corrected chi connectivity index (χ1v) is 16.5. The van der Waals surface area contributed by atoms with Crippen LogP contribution in [0.3, 0.4) is 0 Å². The number of hydrogen-bond acceptors (Lipinski definition) is 8. The number of ether oxygens (including phenoxy) is 1. The van der Waals surface area contributed by atoms with Crippen LogP contribution in [0.4, 0.5) is 37.0 Å². The predicted molar refractivity (Wildman–Crippen MR) is 168 cm³/mol. The second kappa shape index (κ2) is 14.5. The largest absolute Gasteiger partial charge is 0.481 e. The van der Waals surface area contributed by atoms with Crippen LogP contribution in [0.25, 0.3) is 11.3 Å². The Hall–Kier alpha value is -4.37. The maximum absolute atomic E-state index is 13.7. The Morgan fingerprint density at radius 3 is 2.18 bits per heavy atom. The van der Waals surface area contributed by atoms with E-state index in [9.17, 15) is 41.0 Å². The van der Waals surface area contributed by atoms with Crippen molar-refractivity contribution >= 4 is 17.9 Å². The van der Waals surface area contributed by atoms with Crippen molar-refractivity contribution in [2.45, 2.75) is 97.3 Å². The Kier molecular flexibility index (Phi) is 10.7. The lowest BCUT2D eigenvalue weighted by molar-refractivity contribution is -0.143. The molecule has 1 aliphatic heterocycles. The summed E-state index contributed by atoms with van der Waals surface area (Å²) in [5.41, 5.74) is -1.53. The number of nitrogens with zero attached hydrogens (tertiary/aromatic N) is 5. The van der Waals surface area contributed by atoms with Crippen molar-refractivity contribution in [1.29, 1.82) is 0 Å². The average Bonchev–Trinajstić information content (AvgIpc) is 3.52. The van der Waals surface area contributed by atoms with Gasteiger partial charge in [-0.05, 0) is 88.5 Å². The fourth-order valence-corrected chi connectivity index (χ4v) is 6.95. The number of alkyl halides is 6. The minimum absolute atomic E-state index is 0.0334. The molecule has 1 aromatic carbocycles. The summed E-state index contributed by atoms with van der Waals surface area (Å²) in [7, 11) is 0. The lowest BCUT2D eigenvalue weighted by Gasteiger charge is -2.34. The summed E-state index contributed by atoms with van der Waals surface area (Å²) in [6.45, 7) is 7.91. The maximum Gasteiger partial charge on any atom is 0.416 e. The van der Waals surface area contributed by atoms with Crippen molar-refractivity contribution in [3.8, 4) is 11.3 Å². The Morgan fingerprint density at radius 1 is 1.02 bits per heavy atom. The van der Waals surface area contributed by atoms with E-state index < -0.39 is 53.3 Å². The van der Waals surface area contributed by atoms with Crippen LogP contribution < -0.4 is 4.90 Å². The number of aromatic nitrogens is 3. The highest BCUT2D eigenvalue weighted by molar-refractivity contribution is 5.72. The molecule has 5 rings (SSSR count). The lowest BCUT2D eigenvalue weighted by Crippen LogP contribution is -2.36. The molecular formula is C34H39F6N5O5. The number of benzene rings is 1. The third-order valence-corrected chi connectivity index (χ3v) is 9.46. The molecule has 3 aromatic rings. The number of cyclic esters (lactones) is 1.